The Hall–Kier alpha value is -2.39. The summed E-state index contributed by atoms with van der Waals surface area (Å²) in [5.41, 5.74) is 7.03. The van der Waals surface area contributed by atoms with Crippen molar-refractivity contribution in [1.29, 1.82) is 0 Å². The highest BCUT2D eigenvalue weighted by molar-refractivity contribution is 9.10. The Morgan fingerprint density at radius 1 is 1.39 bits per heavy atom. The van der Waals surface area contributed by atoms with Crippen LogP contribution in [-0.4, -0.2) is 22.8 Å². The predicted molar refractivity (Wildman–Crippen MR) is 85.0 cm³/mol. The molecule has 2 heterocycles. The molecule has 0 radical (unpaired) electrons. The van der Waals surface area contributed by atoms with Crippen molar-refractivity contribution in [3.8, 4) is 17.1 Å². The Kier molecular flexibility index (Phi) is 4.30. The van der Waals surface area contributed by atoms with Crippen molar-refractivity contribution in [3.63, 3.8) is 0 Å². The van der Waals surface area contributed by atoms with Gasteiger partial charge in [0.2, 0.25) is 0 Å². The summed E-state index contributed by atoms with van der Waals surface area (Å²) in [7, 11) is 0. The Morgan fingerprint density at radius 3 is 2.96 bits per heavy atom. The van der Waals surface area contributed by atoms with Crippen LogP contribution < -0.4 is 16.8 Å². The van der Waals surface area contributed by atoms with Gasteiger partial charge in [0.25, 0.3) is 0 Å². The molecule has 0 atom stereocenters. The van der Waals surface area contributed by atoms with Gasteiger partial charge >= 0.3 is 5.76 Å². The summed E-state index contributed by atoms with van der Waals surface area (Å²) in [4.78, 5) is 12.0. The van der Waals surface area contributed by atoms with Crippen LogP contribution in [0.25, 0.3) is 17.1 Å². The molecule has 120 valence electrons. The minimum atomic E-state index is -0.690. The van der Waals surface area contributed by atoms with Crippen molar-refractivity contribution < 1.29 is 13.3 Å². The van der Waals surface area contributed by atoms with Crippen LogP contribution in [0.5, 0.6) is 0 Å². The number of rotatable bonds is 5. The molecule has 0 saturated carbocycles. The number of anilines is 1. The van der Waals surface area contributed by atoms with Gasteiger partial charge in [-0.15, -0.1) is 0 Å². The number of nitrogens with two attached hydrogens (primary N) is 1. The third kappa shape index (κ3) is 2.92. The molecule has 2 aromatic heterocycles. The maximum absolute atomic E-state index is 13.4. The summed E-state index contributed by atoms with van der Waals surface area (Å²) in [6, 6.07) is 4.16. The van der Waals surface area contributed by atoms with Crippen molar-refractivity contribution in [2.75, 3.05) is 18.4 Å². The van der Waals surface area contributed by atoms with Crippen LogP contribution >= 0.6 is 15.9 Å². The van der Waals surface area contributed by atoms with Crippen molar-refractivity contribution in [2.45, 2.75) is 0 Å². The van der Waals surface area contributed by atoms with E-state index in [2.05, 4.69) is 26.4 Å². The molecule has 1 aromatic carbocycles. The van der Waals surface area contributed by atoms with Crippen LogP contribution in [0.15, 0.2) is 48.9 Å². The Labute approximate surface area is 138 Å². The maximum Gasteiger partial charge on any atom is 0.446 e. The van der Waals surface area contributed by atoms with Gasteiger partial charge in [-0.1, -0.05) is 5.16 Å². The lowest BCUT2D eigenvalue weighted by Gasteiger charge is -2.07. The van der Waals surface area contributed by atoms with Gasteiger partial charge in [0, 0.05) is 13.1 Å². The second kappa shape index (κ2) is 6.39. The molecule has 3 N–H and O–H groups in total. The average molecular weight is 383 g/mol. The highest BCUT2D eigenvalue weighted by Crippen LogP contribution is 2.29. The fourth-order valence-electron chi connectivity index (χ4n) is 2.09. The fourth-order valence-corrected chi connectivity index (χ4v) is 2.45. The molecular weight excluding hydrogens is 371 g/mol. The number of nitrogens with one attached hydrogen (secondary N) is 1. The molecule has 0 fully saturated rings. The van der Waals surface area contributed by atoms with Gasteiger partial charge in [0.05, 0.1) is 21.4 Å². The maximum atomic E-state index is 13.4. The monoisotopic (exact) mass is 382 g/mol. The molecule has 0 aliphatic carbocycles. The average Bonchev–Trinajstić information content (AvgIpc) is 3.14. The van der Waals surface area contributed by atoms with E-state index in [0.717, 1.165) is 0 Å². The summed E-state index contributed by atoms with van der Waals surface area (Å²) in [6.07, 6.45) is 2.92. The first-order chi connectivity index (χ1) is 11.1. The fraction of sp³-hybridized carbons (Fsp3) is 0.143. The molecule has 0 aliphatic rings. The van der Waals surface area contributed by atoms with Crippen molar-refractivity contribution in [2.24, 2.45) is 5.73 Å². The molecule has 23 heavy (non-hydrogen) atoms. The molecular formula is C14H12BrFN4O3. The summed E-state index contributed by atoms with van der Waals surface area (Å²) in [5, 5.41) is 6.86. The largest absolute Gasteiger partial charge is 0.470 e. The molecule has 3 rings (SSSR count). The van der Waals surface area contributed by atoms with E-state index in [1.807, 2.05) is 0 Å². The zero-order valence-corrected chi connectivity index (χ0v) is 13.3. The first-order valence-electron chi connectivity index (χ1n) is 6.66. The molecule has 0 spiro atoms. The summed E-state index contributed by atoms with van der Waals surface area (Å²) in [6.45, 7) is 0.956. The van der Waals surface area contributed by atoms with Crippen LogP contribution in [0.3, 0.4) is 0 Å². The second-order valence-corrected chi connectivity index (χ2v) is 5.47. The lowest BCUT2D eigenvalue weighted by Crippen LogP contribution is -2.15. The first-order valence-corrected chi connectivity index (χ1v) is 7.45. The topological polar surface area (TPSA) is 99.2 Å². The van der Waals surface area contributed by atoms with Crippen molar-refractivity contribution >= 4 is 21.6 Å². The van der Waals surface area contributed by atoms with Crippen LogP contribution in [0.2, 0.25) is 0 Å². The normalized spacial score (nSPS) is 10.9. The van der Waals surface area contributed by atoms with E-state index in [9.17, 15) is 9.18 Å². The van der Waals surface area contributed by atoms with Crippen LogP contribution in [0.4, 0.5) is 10.1 Å². The Bertz CT molecular complexity index is 886. The number of aromatic nitrogens is 2. The van der Waals surface area contributed by atoms with E-state index in [-0.39, 0.29) is 10.3 Å². The summed E-state index contributed by atoms with van der Waals surface area (Å²) in [5.74, 6) is -0.889. The summed E-state index contributed by atoms with van der Waals surface area (Å²) >= 11 is 3.09. The number of hydrogen-bond donors (Lipinski definition) is 2. The molecule has 7 nitrogen and oxygen atoms in total. The van der Waals surface area contributed by atoms with Crippen molar-refractivity contribution in [3.05, 3.63) is 51.6 Å². The zero-order valence-electron chi connectivity index (χ0n) is 11.8. The van der Waals surface area contributed by atoms with Crippen LogP contribution in [0, 0.1) is 5.82 Å². The van der Waals surface area contributed by atoms with Gasteiger partial charge in [0.1, 0.15) is 18.3 Å². The molecule has 0 saturated heterocycles. The van der Waals surface area contributed by atoms with E-state index < -0.39 is 11.6 Å². The minimum Gasteiger partial charge on any atom is -0.470 e. The molecule has 0 bridgehead atoms. The Morgan fingerprint density at radius 2 is 2.22 bits per heavy atom. The van der Waals surface area contributed by atoms with E-state index in [0.29, 0.717) is 30.0 Å². The predicted octanol–water partition coefficient (Wildman–Crippen LogP) is 2.36. The van der Waals surface area contributed by atoms with E-state index in [4.69, 9.17) is 14.7 Å². The molecule has 0 amide bonds. The highest BCUT2D eigenvalue weighted by Gasteiger charge is 2.20. The Balaban J connectivity index is 2.11. The molecule has 0 unspecified atom stereocenters. The standard InChI is InChI=1S/C14H12BrFN4O3/c15-10-5-8(1-2-11(10)16)20-13(19-23-14(20)21)9-6-22-7-12(9)18-4-3-17/h1-2,5-7,18H,3-4,17H2. The SMILES string of the molecule is NCCNc1cocc1-c1noc(=O)n1-c1ccc(F)c(Br)c1. The number of benzene rings is 1. The number of furan rings is 1. The van der Waals surface area contributed by atoms with Gasteiger partial charge in [-0.25, -0.2) is 13.8 Å². The van der Waals surface area contributed by atoms with E-state index >= 15 is 0 Å². The van der Waals surface area contributed by atoms with Crippen LogP contribution in [-0.2, 0) is 0 Å². The lowest BCUT2D eigenvalue weighted by molar-refractivity contribution is 0.383. The highest BCUT2D eigenvalue weighted by atomic mass is 79.9. The minimum absolute atomic E-state index is 0.225. The third-order valence-electron chi connectivity index (χ3n) is 3.13. The number of hydrogen-bond acceptors (Lipinski definition) is 6. The smallest absolute Gasteiger partial charge is 0.446 e. The first kappa shape index (κ1) is 15.5. The number of halogens is 2. The van der Waals surface area contributed by atoms with Gasteiger partial charge in [-0.3, -0.25) is 4.52 Å². The van der Waals surface area contributed by atoms with Crippen LogP contribution in [0.1, 0.15) is 0 Å². The molecule has 3 aromatic rings. The van der Waals surface area contributed by atoms with Gasteiger partial charge in [0.15, 0.2) is 5.82 Å². The van der Waals surface area contributed by atoms with E-state index in [1.165, 1.54) is 35.3 Å². The van der Waals surface area contributed by atoms with Gasteiger partial charge < -0.3 is 15.5 Å². The van der Waals surface area contributed by atoms with E-state index in [1.54, 1.807) is 0 Å². The quantitative estimate of drug-likeness (QED) is 0.702. The zero-order chi connectivity index (χ0) is 16.4. The second-order valence-electron chi connectivity index (χ2n) is 4.62. The third-order valence-corrected chi connectivity index (χ3v) is 3.74. The van der Waals surface area contributed by atoms with Crippen molar-refractivity contribution in [1.82, 2.24) is 9.72 Å². The number of nitrogens with zero attached hydrogens (tertiary/aromatic N) is 2. The summed E-state index contributed by atoms with van der Waals surface area (Å²) < 4.78 is 24.8. The molecule has 9 heteroatoms. The lowest BCUT2D eigenvalue weighted by atomic mass is 10.2. The van der Waals surface area contributed by atoms with Gasteiger partial charge in [-0.2, -0.15) is 0 Å². The molecule has 0 aliphatic heterocycles. The van der Waals surface area contributed by atoms with Gasteiger partial charge in [-0.05, 0) is 34.1 Å².